The van der Waals surface area contributed by atoms with Crippen molar-refractivity contribution in [3.05, 3.63) is 0 Å². The van der Waals surface area contributed by atoms with Crippen molar-refractivity contribution in [2.45, 2.75) is 32.4 Å². The standard InChI is InChI=1S/C9H19N3O3/c1-5(2)3-6(10)9(15)12-7(4-13)8(11)14/h5-7,13H,3-4,10H2,1-2H3,(H2,11,14)(H,12,15)/t6-,7-/m0/s1. The van der Waals surface area contributed by atoms with Crippen LogP contribution in [0.3, 0.4) is 0 Å². The van der Waals surface area contributed by atoms with Gasteiger partial charge in [0.25, 0.3) is 0 Å². The molecule has 0 aliphatic rings. The Morgan fingerprint density at radius 3 is 2.27 bits per heavy atom. The number of nitrogens with two attached hydrogens (primary N) is 2. The average molecular weight is 217 g/mol. The smallest absolute Gasteiger partial charge is 0.242 e. The minimum absolute atomic E-state index is 0.284. The summed E-state index contributed by atoms with van der Waals surface area (Å²) < 4.78 is 0. The molecule has 6 nitrogen and oxygen atoms in total. The van der Waals surface area contributed by atoms with Crippen LogP contribution in [-0.2, 0) is 9.59 Å². The maximum atomic E-state index is 11.4. The van der Waals surface area contributed by atoms with Crippen LogP contribution in [0.15, 0.2) is 0 Å². The van der Waals surface area contributed by atoms with Gasteiger partial charge in [-0.15, -0.1) is 0 Å². The molecule has 0 spiro atoms. The van der Waals surface area contributed by atoms with Crippen LogP contribution < -0.4 is 16.8 Å². The van der Waals surface area contributed by atoms with Crippen molar-refractivity contribution in [1.29, 1.82) is 0 Å². The van der Waals surface area contributed by atoms with Crippen LogP contribution in [0.25, 0.3) is 0 Å². The van der Waals surface area contributed by atoms with Gasteiger partial charge in [-0.25, -0.2) is 0 Å². The van der Waals surface area contributed by atoms with Crippen LogP contribution >= 0.6 is 0 Å². The Morgan fingerprint density at radius 2 is 1.93 bits per heavy atom. The van der Waals surface area contributed by atoms with Gasteiger partial charge in [-0.1, -0.05) is 13.8 Å². The summed E-state index contributed by atoms with van der Waals surface area (Å²) in [4.78, 5) is 22.1. The quantitative estimate of drug-likeness (QED) is 0.425. The minimum atomic E-state index is -1.06. The second-order valence-electron chi connectivity index (χ2n) is 3.88. The molecule has 2 atom stereocenters. The Hall–Kier alpha value is -1.14. The zero-order valence-corrected chi connectivity index (χ0v) is 9.06. The van der Waals surface area contributed by atoms with Crippen molar-refractivity contribution in [2.75, 3.05) is 6.61 Å². The lowest BCUT2D eigenvalue weighted by Crippen LogP contribution is -2.52. The molecule has 15 heavy (non-hydrogen) atoms. The number of nitrogens with one attached hydrogen (secondary N) is 1. The largest absolute Gasteiger partial charge is 0.394 e. The molecule has 0 aliphatic heterocycles. The second-order valence-corrected chi connectivity index (χ2v) is 3.88. The molecule has 6 heteroatoms. The summed E-state index contributed by atoms with van der Waals surface area (Å²) >= 11 is 0. The average Bonchev–Trinajstić information content (AvgIpc) is 2.11. The van der Waals surface area contributed by atoms with Gasteiger partial charge in [0.2, 0.25) is 11.8 Å². The highest BCUT2D eigenvalue weighted by atomic mass is 16.3. The predicted molar refractivity (Wildman–Crippen MR) is 55.6 cm³/mol. The first-order valence-electron chi connectivity index (χ1n) is 4.84. The molecule has 0 bridgehead atoms. The van der Waals surface area contributed by atoms with E-state index in [2.05, 4.69) is 5.32 Å². The van der Waals surface area contributed by atoms with Crippen molar-refractivity contribution >= 4 is 11.8 Å². The molecule has 0 rings (SSSR count). The molecule has 6 N–H and O–H groups in total. The first-order chi connectivity index (χ1) is 6.88. The molecule has 0 aromatic carbocycles. The van der Waals surface area contributed by atoms with Crippen LogP contribution in [0.2, 0.25) is 0 Å². The van der Waals surface area contributed by atoms with E-state index in [0.29, 0.717) is 6.42 Å². The fourth-order valence-corrected chi connectivity index (χ4v) is 1.10. The molecule has 0 fully saturated rings. The summed E-state index contributed by atoms with van der Waals surface area (Å²) in [5.74, 6) is -0.962. The Labute approximate surface area is 89.0 Å². The monoisotopic (exact) mass is 217 g/mol. The van der Waals surface area contributed by atoms with Gasteiger partial charge in [-0.2, -0.15) is 0 Å². The molecule has 0 heterocycles. The number of primary amides is 1. The molecule has 0 aliphatic carbocycles. The molecular weight excluding hydrogens is 198 g/mol. The third-order valence-electron chi connectivity index (χ3n) is 1.90. The number of hydrogen-bond acceptors (Lipinski definition) is 4. The van der Waals surface area contributed by atoms with Gasteiger partial charge >= 0.3 is 0 Å². The van der Waals surface area contributed by atoms with Gasteiger partial charge in [-0.3, -0.25) is 9.59 Å². The van der Waals surface area contributed by atoms with E-state index in [1.54, 1.807) is 0 Å². The number of carbonyl (C=O) groups excluding carboxylic acids is 2. The fourth-order valence-electron chi connectivity index (χ4n) is 1.10. The van der Waals surface area contributed by atoms with Crippen LogP contribution in [-0.4, -0.2) is 35.6 Å². The molecule has 0 saturated carbocycles. The highest BCUT2D eigenvalue weighted by Crippen LogP contribution is 2.02. The number of rotatable bonds is 6. The van der Waals surface area contributed by atoms with E-state index in [4.69, 9.17) is 16.6 Å². The summed E-state index contributed by atoms with van der Waals surface area (Å²) in [6.07, 6.45) is 0.517. The Bertz CT molecular complexity index is 231. The molecule has 0 aromatic rings. The van der Waals surface area contributed by atoms with Crippen molar-refractivity contribution in [3.8, 4) is 0 Å². The molecule has 2 amide bonds. The zero-order valence-electron chi connectivity index (χ0n) is 9.06. The molecule has 88 valence electrons. The number of hydrogen-bond donors (Lipinski definition) is 4. The van der Waals surface area contributed by atoms with Crippen molar-refractivity contribution in [2.24, 2.45) is 17.4 Å². The summed E-state index contributed by atoms with van der Waals surface area (Å²) in [5.41, 5.74) is 10.5. The van der Waals surface area contributed by atoms with E-state index in [1.807, 2.05) is 13.8 Å². The van der Waals surface area contributed by atoms with Gasteiger partial charge in [-0.05, 0) is 12.3 Å². The Balaban J connectivity index is 4.16. The van der Waals surface area contributed by atoms with Gasteiger partial charge in [0, 0.05) is 0 Å². The van der Waals surface area contributed by atoms with Crippen molar-refractivity contribution in [1.82, 2.24) is 5.32 Å². The lowest BCUT2D eigenvalue weighted by atomic mass is 10.0. The highest BCUT2D eigenvalue weighted by molar-refractivity contribution is 5.88. The normalized spacial score (nSPS) is 14.7. The van der Waals surface area contributed by atoms with Crippen LogP contribution in [0.5, 0.6) is 0 Å². The lowest BCUT2D eigenvalue weighted by molar-refractivity contribution is -0.129. The maximum absolute atomic E-state index is 11.4. The number of aliphatic hydroxyl groups excluding tert-OH is 1. The minimum Gasteiger partial charge on any atom is -0.394 e. The van der Waals surface area contributed by atoms with E-state index in [0.717, 1.165) is 0 Å². The van der Waals surface area contributed by atoms with Gasteiger partial charge in [0.05, 0.1) is 12.6 Å². The molecule has 0 unspecified atom stereocenters. The summed E-state index contributed by atoms with van der Waals surface area (Å²) in [5, 5.41) is 11.0. The number of amides is 2. The van der Waals surface area contributed by atoms with E-state index >= 15 is 0 Å². The summed E-state index contributed by atoms with van der Waals surface area (Å²) in [6, 6.07) is -1.74. The third kappa shape index (κ3) is 5.34. The number of carbonyl (C=O) groups is 2. The first kappa shape index (κ1) is 13.9. The first-order valence-corrected chi connectivity index (χ1v) is 4.84. The zero-order chi connectivity index (χ0) is 12.0. The maximum Gasteiger partial charge on any atom is 0.242 e. The lowest BCUT2D eigenvalue weighted by Gasteiger charge is -2.17. The van der Waals surface area contributed by atoms with E-state index < -0.39 is 30.5 Å². The Morgan fingerprint density at radius 1 is 1.40 bits per heavy atom. The topological polar surface area (TPSA) is 118 Å². The van der Waals surface area contributed by atoms with Gasteiger partial charge in [0.15, 0.2) is 0 Å². The highest BCUT2D eigenvalue weighted by Gasteiger charge is 2.21. The SMILES string of the molecule is CC(C)C[C@H](N)C(=O)N[C@@H](CO)C(N)=O. The molecule has 0 radical (unpaired) electrons. The van der Waals surface area contributed by atoms with Gasteiger partial charge < -0.3 is 21.9 Å². The predicted octanol–water partition coefficient (Wildman–Crippen LogP) is -1.68. The van der Waals surface area contributed by atoms with E-state index in [-0.39, 0.29) is 5.92 Å². The van der Waals surface area contributed by atoms with Crippen LogP contribution in [0.4, 0.5) is 0 Å². The summed E-state index contributed by atoms with van der Waals surface area (Å²) in [6.45, 7) is 3.35. The van der Waals surface area contributed by atoms with Crippen LogP contribution in [0, 0.1) is 5.92 Å². The third-order valence-corrected chi connectivity index (χ3v) is 1.90. The number of aliphatic hydroxyl groups is 1. The van der Waals surface area contributed by atoms with Gasteiger partial charge in [0.1, 0.15) is 6.04 Å². The van der Waals surface area contributed by atoms with Crippen molar-refractivity contribution < 1.29 is 14.7 Å². The van der Waals surface area contributed by atoms with E-state index in [9.17, 15) is 9.59 Å². The summed E-state index contributed by atoms with van der Waals surface area (Å²) in [7, 11) is 0. The van der Waals surface area contributed by atoms with Crippen LogP contribution in [0.1, 0.15) is 20.3 Å². The second kappa shape index (κ2) is 6.36. The molecule has 0 saturated heterocycles. The molecular formula is C9H19N3O3. The van der Waals surface area contributed by atoms with Crippen molar-refractivity contribution in [3.63, 3.8) is 0 Å². The Kier molecular flexibility index (Phi) is 5.88. The van der Waals surface area contributed by atoms with E-state index in [1.165, 1.54) is 0 Å². The fraction of sp³-hybridized carbons (Fsp3) is 0.778. The molecule has 0 aromatic heterocycles.